The normalized spacial score (nSPS) is 11.6. The van der Waals surface area contributed by atoms with Crippen molar-refractivity contribution in [2.24, 2.45) is 0 Å². The van der Waals surface area contributed by atoms with E-state index >= 15 is 0 Å². The van der Waals surface area contributed by atoms with Gasteiger partial charge in [-0.05, 0) is 31.2 Å². The van der Waals surface area contributed by atoms with Crippen LogP contribution in [-0.2, 0) is 11.0 Å². The van der Waals surface area contributed by atoms with E-state index in [2.05, 4.69) is 4.98 Å². The van der Waals surface area contributed by atoms with Crippen LogP contribution >= 0.6 is 11.8 Å². The molecule has 1 aromatic carbocycles. The van der Waals surface area contributed by atoms with Crippen molar-refractivity contribution in [3.8, 4) is 5.69 Å². The zero-order valence-electron chi connectivity index (χ0n) is 10.9. The average molecular weight is 316 g/mol. The molecule has 0 radical (unpaired) electrons. The number of alkyl halides is 3. The van der Waals surface area contributed by atoms with Crippen molar-refractivity contribution in [3.63, 3.8) is 0 Å². The number of imidazole rings is 1. The zero-order valence-corrected chi connectivity index (χ0v) is 11.7. The van der Waals surface area contributed by atoms with Gasteiger partial charge in [-0.3, -0.25) is 9.36 Å². The summed E-state index contributed by atoms with van der Waals surface area (Å²) in [6, 6.07) is 4.64. The van der Waals surface area contributed by atoms with E-state index < -0.39 is 17.7 Å². The number of hydrogen-bond acceptors (Lipinski definition) is 3. The highest BCUT2D eigenvalue weighted by molar-refractivity contribution is 7.99. The summed E-state index contributed by atoms with van der Waals surface area (Å²) in [5.41, 5.74) is 0.484. The Labute approximate surface area is 122 Å². The van der Waals surface area contributed by atoms with Crippen LogP contribution in [0, 0.1) is 6.92 Å². The maximum atomic E-state index is 12.5. The number of halogens is 3. The molecule has 21 heavy (non-hydrogen) atoms. The predicted molar refractivity (Wildman–Crippen MR) is 71.7 cm³/mol. The molecule has 0 bridgehead atoms. The summed E-state index contributed by atoms with van der Waals surface area (Å²) in [4.78, 5) is 14.7. The molecule has 0 aliphatic heterocycles. The first-order valence-electron chi connectivity index (χ1n) is 5.85. The monoisotopic (exact) mass is 316 g/mol. The minimum atomic E-state index is -4.39. The van der Waals surface area contributed by atoms with Crippen LogP contribution in [0.25, 0.3) is 5.69 Å². The molecular weight excluding hydrogens is 305 g/mol. The summed E-state index contributed by atoms with van der Waals surface area (Å²) in [5.74, 6) is -1.16. The van der Waals surface area contributed by atoms with Crippen molar-refractivity contribution in [1.82, 2.24) is 9.55 Å². The number of thioether (sulfide) groups is 1. The molecule has 4 nitrogen and oxygen atoms in total. The van der Waals surface area contributed by atoms with E-state index in [-0.39, 0.29) is 5.75 Å². The van der Waals surface area contributed by atoms with Gasteiger partial charge in [0.1, 0.15) is 0 Å². The highest BCUT2D eigenvalue weighted by Gasteiger charge is 2.30. The number of aromatic nitrogens is 2. The number of carbonyl (C=O) groups is 1. The average Bonchev–Trinajstić information content (AvgIpc) is 2.76. The number of aliphatic carboxylic acids is 1. The molecule has 1 N–H and O–H groups in total. The highest BCUT2D eigenvalue weighted by atomic mass is 32.2. The van der Waals surface area contributed by atoms with Gasteiger partial charge in [-0.1, -0.05) is 11.8 Å². The Bertz CT molecular complexity index is 650. The summed E-state index contributed by atoms with van der Waals surface area (Å²) in [6.07, 6.45) is -2.84. The third-order valence-corrected chi connectivity index (χ3v) is 3.62. The van der Waals surface area contributed by atoms with Crippen LogP contribution in [0.4, 0.5) is 13.2 Å². The van der Waals surface area contributed by atoms with Gasteiger partial charge in [0.05, 0.1) is 11.3 Å². The lowest BCUT2D eigenvalue weighted by molar-refractivity contribution is -0.137. The molecule has 2 aromatic rings. The Hall–Kier alpha value is -1.96. The van der Waals surface area contributed by atoms with Gasteiger partial charge in [-0.25, -0.2) is 4.98 Å². The van der Waals surface area contributed by atoms with E-state index in [1.54, 1.807) is 17.7 Å². The quantitative estimate of drug-likeness (QED) is 0.879. The number of nitrogens with zero attached hydrogens (tertiary/aromatic N) is 2. The molecule has 0 atom stereocenters. The van der Waals surface area contributed by atoms with Crippen LogP contribution in [0.2, 0.25) is 0 Å². The summed E-state index contributed by atoms with van der Waals surface area (Å²) < 4.78 is 39.2. The first-order chi connectivity index (χ1) is 9.79. The molecular formula is C13H11F3N2O2S. The lowest BCUT2D eigenvalue weighted by Gasteiger charge is -2.11. The molecule has 0 unspecified atom stereocenters. The van der Waals surface area contributed by atoms with Crippen molar-refractivity contribution in [2.75, 3.05) is 5.75 Å². The fourth-order valence-electron chi connectivity index (χ4n) is 1.76. The first kappa shape index (κ1) is 15.4. The van der Waals surface area contributed by atoms with Gasteiger partial charge in [0.15, 0.2) is 5.16 Å². The van der Waals surface area contributed by atoms with Gasteiger partial charge in [-0.2, -0.15) is 13.2 Å². The topological polar surface area (TPSA) is 55.1 Å². The van der Waals surface area contributed by atoms with Gasteiger partial charge in [0.2, 0.25) is 0 Å². The third kappa shape index (κ3) is 3.57. The molecule has 0 aliphatic rings. The van der Waals surface area contributed by atoms with Gasteiger partial charge >= 0.3 is 12.1 Å². The van der Waals surface area contributed by atoms with Crippen molar-refractivity contribution < 1.29 is 23.1 Å². The van der Waals surface area contributed by atoms with Crippen LogP contribution in [0.3, 0.4) is 0 Å². The van der Waals surface area contributed by atoms with E-state index in [0.717, 1.165) is 23.9 Å². The minimum Gasteiger partial charge on any atom is -0.481 e. The molecule has 0 spiro atoms. The second-order valence-corrected chi connectivity index (χ2v) is 5.19. The van der Waals surface area contributed by atoms with Crippen molar-refractivity contribution in [1.29, 1.82) is 0 Å². The zero-order chi connectivity index (χ0) is 15.6. The maximum Gasteiger partial charge on any atom is 0.416 e. The minimum absolute atomic E-state index is 0.170. The second-order valence-electron chi connectivity index (χ2n) is 4.24. The van der Waals surface area contributed by atoms with E-state index in [1.165, 1.54) is 12.1 Å². The van der Waals surface area contributed by atoms with E-state index in [1.807, 2.05) is 0 Å². The van der Waals surface area contributed by atoms with Crippen LogP contribution in [0.5, 0.6) is 0 Å². The second kappa shape index (κ2) is 5.80. The standard InChI is InChI=1S/C13H11F3N2O2S/c1-8-6-17-12(21-7-11(19)20)18(8)10-4-2-9(3-5-10)13(14,15)16/h2-6H,7H2,1H3,(H,19,20). The number of hydrogen-bond donors (Lipinski definition) is 1. The molecule has 0 aliphatic carbocycles. The molecule has 2 rings (SSSR count). The summed E-state index contributed by atoms with van der Waals surface area (Å²) >= 11 is 1.01. The fourth-order valence-corrected chi connectivity index (χ4v) is 2.51. The van der Waals surface area contributed by atoms with Gasteiger partial charge in [0.25, 0.3) is 0 Å². The Kier molecular flexibility index (Phi) is 4.26. The van der Waals surface area contributed by atoms with Gasteiger partial charge < -0.3 is 5.11 Å². The number of benzene rings is 1. The Morgan fingerprint density at radius 1 is 1.33 bits per heavy atom. The van der Waals surface area contributed by atoms with E-state index in [9.17, 15) is 18.0 Å². The summed E-state index contributed by atoms with van der Waals surface area (Å²) in [6.45, 7) is 1.75. The third-order valence-electron chi connectivity index (χ3n) is 2.68. The maximum absolute atomic E-state index is 12.5. The molecule has 0 saturated carbocycles. The van der Waals surface area contributed by atoms with Crippen LogP contribution < -0.4 is 0 Å². The number of rotatable bonds is 4. The van der Waals surface area contributed by atoms with Gasteiger partial charge in [-0.15, -0.1) is 0 Å². The number of carboxylic acids is 1. The smallest absolute Gasteiger partial charge is 0.416 e. The summed E-state index contributed by atoms with van der Waals surface area (Å²) in [5, 5.41) is 9.11. The number of aryl methyl sites for hydroxylation is 1. The fraction of sp³-hybridized carbons (Fsp3) is 0.231. The molecule has 112 valence electrons. The molecule has 0 saturated heterocycles. The Morgan fingerprint density at radius 3 is 2.48 bits per heavy atom. The largest absolute Gasteiger partial charge is 0.481 e. The highest BCUT2D eigenvalue weighted by Crippen LogP contribution is 2.30. The predicted octanol–water partition coefficient (Wildman–Crippen LogP) is 3.38. The molecule has 1 aromatic heterocycles. The Morgan fingerprint density at radius 2 is 1.95 bits per heavy atom. The van der Waals surface area contributed by atoms with Crippen LogP contribution in [0.1, 0.15) is 11.3 Å². The molecule has 1 heterocycles. The van der Waals surface area contributed by atoms with Crippen molar-refractivity contribution >= 4 is 17.7 Å². The summed E-state index contributed by atoms with van der Waals surface area (Å²) in [7, 11) is 0. The SMILES string of the molecule is Cc1cnc(SCC(=O)O)n1-c1ccc(C(F)(F)F)cc1. The number of carboxylic acid groups (broad SMARTS) is 1. The lowest BCUT2D eigenvalue weighted by Crippen LogP contribution is -2.06. The van der Waals surface area contributed by atoms with E-state index in [0.29, 0.717) is 16.5 Å². The molecule has 0 amide bonds. The molecule has 8 heteroatoms. The van der Waals surface area contributed by atoms with Gasteiger partial charge in [0, 0.05) is 17.6 Å². The molecule has 0 fully saturated rings. The van der Waals surface area contributed by atoms with E-state index in [4.69, 9.17) is 5.11 Å². The lowest BCUT2D eigenvalue weighted by atomic mass is 10.2. The van der Waals surface area contributed by atoms with Crippen molar-refractivity contribution in [3.05, 3.63) is 41.7 Å². The van der Waals surface area contributed by atoms with Crippen LogP contribution in [-0.4, -0.2) is 26.4 Å². The first-order valence-corrected chi connectivity index (χ1v) is 6.84. The van der Waals surface area contributed by atoms with Crippen LogP contribution in [0.15, 0.2) is 35.6 Å². The van der Waals surface area contributed by atoms with Crippen molar-refractivity contribution in [2.45, 2.75) is 18.3 Å². The Balaban J connectivity index is 2.33.